The van der Waals surface area contributed by atoms with Gasteiger partial charge >= 0.3 is 0 Å². The first-order valence-electron chi connectivity index (χ1n) is 5.96. The van der Waals surface area contributed by atoms with Crippen molar-refractivity contribution in [2.75, 3.05) is 5.32 Å². The van der Waals surface area contributed by atoms with Crippen LogP contribution in [0.1, 0.15) is 11.1 Å². The summed E-state index contributed by atoms with van der Waals surface area (Å²) in [6.07, 6.45) is 0. The van der Waals surface area contributed by atoms with Crippen molar-refractivity contribution in [3.8, 4) is 0 Å². The molecular formula is C14H12F3N3O. The Bertz CT molecular complexity index is 649. The summed E-state index contributed by atoms with van der Waals surface area (Å²) in [5.41, 5.74) is 6.25. The number of rotatable bonds is 4. The van der Waals surface area contributed by atoms with Gasteiger partial charge in [-0.25, -0.2) is 13.2 Å². The Labute approximate surface area is 118 Å². The summed E-state index contributed by atoms with van der Waals surface area (Å²) in [7, 11) is 0. The normalized spacial score (nSPS) is 11.5. The van der Waals surface area contributed by atoms with Crippen LogP contribution in [0.5, 0.6) is 0 Å². The second kappa shape index (κ2) is 6.17. The van der Waals surface area contributed by atoms with Crippen LogP contribution in [-0.4, -0.2) is 11.0 Å². The summed E-state index contributed by atoms with van der Waals surface area (Å²) in [4.78, 5) is 0. The average molecular weight is 295 g/mol. The molecule has 4 N–H and O–H groups in total. The van der Waals surface area contributed by atoms with Crippen molar-refractivity contribution in [3.05, 3.63) is 65.0 Å². The number of nitrogens with two attached hydrogens (primary N) is 1. The molecule has 0 amide bonds. The fourth-order valence-corrected chi connectivity index (χ4v) is 1.75. The summed E-state index contributed by atoms with van der Waals surface area (Å²) in [5, 5.41) is 13.9. The smallest absolute Gasteiger partial charge is 0.170 e. The van der Waals surface area contributed by atoms with Gasteiger partial charge < -0.3 is 16.3 Å². The molecule has 7 heteroatoms. The second-order valence-corrected chi connectivity index (χ2v) is 4.28. The average Bonchev–Trinajstić information content (AvgIpc) is 2.46. The number of hydrogen-bond donors (Lipinski definition) is 3. The number of halogens is 3. The molecule has 0 atom stereocenters. The van der Waals surface area contributed by atoms with Crippen molar-refractivity contribution < 1.29 is 18.4 Å². The van der Waals surface area contributed by atoms with Gasteiger partial charge in [0.15, 0.2) is 17.5 Å². The predicted octanol–water partition coefficient (Wildman–Crippen LogP) is 2.81. The van der Waals surface area contributed by atoms with Crippen molar-refractivity contribution in [1.29, 1.82) is 0 Å². The number of oxime groups is 1. The van der Waals surface area contributed by atoms with E-state index in [-0.39, 0.29) is 12.4 Å². The molecule has 2 aromatic rings. The molecule has 0 heterocycles. The highest BCUT2D eigenvalue weighted by molar-refractivity contribution is 5.96. The molecule has 0 aliphatic rings. The number of nitrogens with zero attached hydrogens (tertiary/aromatic N) is 1. The lowest BCUT2D eigenvalue weighted by atomic mass is 10.1. The standard InChI is InChI=1S/C14H12F3N3O/c15-10-5-11(16)13(12(17)6-10)19-7-8-1-3-9(4-2-8)14(18)20-21/h1-6,19,21H,7H2,(H2,18,20). The number of amidine groups is 1. The first-order chi connectivity index (χ1) is 10.0. The molecule has 0 aliphatic carbocycles. The first kappa shape index (κ1) is 14.7. The topological polar surface area (TPSA) is 70.6 Å². The van der Waals surface area contributed by atoms with Gasteiger partial charge in [0.05, 0.1) is 0 Å². The predicted molar refractivity (Wildman–Crippen MR) is 72.6 cm³/mol. The van der Waals surface area contributed by atoms with Gasteiger partial charge in [-0.15, -0.1) is 0 Å². The molecule has 0 spiro atoms. The maximum atomic E-state index is 13.4. The molecule has 0 saturated carbocycles. The van der Waals surface area contributed by atoms with Crippen LogP contribution < -0.4 is 11.1 Å². The number of benzene rings is 2. The van der Waals surface area contributed by atoms with E-state index in [0.717, 1.165) is 0 Å². The van der Waals surface area contributed by atoms with Gasteiger partial charge in [0.25, 0.3) is 0 Å². The third kappa shape index (κ3) is 3.44. The summed E-state index contributed by atoms with van der Waals surface area (Å²) in [6.45, 7) is 0.135. The first-order valence-corrected chi connectivity index (χ1v) is 5.96. The van der Waals surface area contributed by atoms with E-state index < -0.39 is 23.1 Å². The van der Waals surface area contributed by atoms with E-state index in [1.54, 1.807) is 24.3 Å². The fourth-order valence-electron chi connectivity index (χ4n) is 1.75. The lowest BCUT2D eigenvalue weighted by Gasteiger charge is -2.09. The van der Waals surface area contributed by atoms with E-state index in [0.29, 0.717) is 23.3 Å². The fraction of sp³-hybridized carbons (Fsp3) is 0.0714. The summed E-state index contributed by atoms with van der Waals surface area (Å²) in [6, 6.07) is 7.71. The maximum Gasteiger partial charge on any atom is 0.170 e. The molecular weight excluding hydrogens is 283 g/mol. The maximum absolute atomic E-state index is 13.4. The van der Waals surface area contributed by atoms with Crippen molar-refractivity contribution >= 4 is 11.5 Å². The number of anilines is 1. The molecule has 2 rings (SSSR count). The zero-order valence-electron chi connectivity index (χ0n) is 10.8. The van der Waals surface area contributed by atoms with E-state index in [2.05, 4.69) is 10.5 Å². The van der Waals surface area contributed by atoms with Gasteiger partial charge in [0.1, 0.15) is 11.5 Å². The molecule has 0 aromatic heterocycles. The van der Waals surface area contributed by atoms with Crippen LogP contribution in [0.15, 0.2) is 41.6 Å². The highest BCUT2D eigenvalue weighted by Gasteiger charge is 2.11. The molecule has 4 nitrogen and oxygen atoms in total. The summed E-state index contributed by atoms with van der Waals surface area (Å²) >= 11 is 0. The Morgan fingerprint density at radius 1 is 1.10 bits per heavy atom. The molecule has 0 radical (unpaired) electrons. The number of nitrogens with one attached hydrogen (secondary N) is 1. The van der Waals surface area contributed by atoms with E-state index in [1.165, 1.54) is 0 Å². The zero-order chi connectivity index (χ0) is 15.4. The Kier molecular flexibility index (Phi) is 4.32. The van der Waals surface area contributed by atoms with E-state index in [1.807, 2.05) is 0 Å². The van der Waals surface area contributed by atoms with E-state index in [4.69, 9.17) is 10.9 Å². The molecule has 0 unspecified atom stereocenters. The van der Waals surface area contributed by atoms with Gasteiger partial charge in [-0.1, -0.05) is 29.4 Å². The second-order valence-electron chi connectivity index (χ2n) is 4.28. The molecule has 0 saturated heterocycles. The monoisotopic (exact) mass is 295 g/mol. The van der Waals surface area contributed by atoms with Gasteiger partial charge in [0, 0.05) is 24.2 Å². The van der Waals surface area contributed by atoms with E-state index >= 15 is 0 Å². The minimum atomic E-state index is -0.999. The van der Waals surface area contributed by atoms with Gasteiger partial charge in [-0.3, -0.25) is 0 Å². The summed E-state index contributed by atoms with van der Waals surface area (Å²) in [5.74, 6) is -3.01. The minimum absolute atomic E-state index is 0.0369. The Balaban J connectivity index is 2.10. The molecule has 2 aromatic carbocycles. The highest BCUT2D eigenvalue weighted by atomic mass is 19.1. The van der Waals surface area contributed by atoms with Crippen LogP contribution >= 0.6 is 0 Å². The highest BCUT2D eigenvalue weighted by Crippen LogP contribution is 2.21. The van der Waals surface area contributed by atoms with Crippen molar-refractivity contribution in [3.63, 3.8) is 0 Å². The third-order valence-electron chi connectivity index (χ3n) is 2.83. The van der Waals surface area contributed by atoms with Crippen LogP contribution in [-0.2, 0) is 6.54 Å². The quantitative estimate of drug-likeness (QED) is 0.351. The molecule has 0 fully saturated rings. The van der Waals surface area contributed by atoms with Crippen molar-refractivity contribution in [2.45, 2.75) is 6.54 Å². The minimum Gasteiger partial charge on any atom is -0.409 e. The lowest BCUT2D eigenvalue weighted by molar-refractivity contribution is 0.318. The molecule has 0 bridgehead atoms. The molecule has 21 heavy (non-hydrogen) atoms. The van der Waals surface area contributed by atoms with Crippen LogP contribution in [0.3, 0.4) is 0 Å². The SMILES string of the molecule is NC(=NO)c1ccc(CNc2c(F)cc(F)cc2F)cc1. The lowest BCUT2D eigenvalue weighted by Crippen LogP contribution is -2.13. The van der Waals surface area contributed by atoms with Gasteiger partial charge in [-0.2, -0.15) is 0 Å². The van der Waals surface area contributed by atoms with Gasteiger partial charge in [0.2, 0.25) is 0 Å². The van der Waals surface area contributed by atoms with Crippen LogP contribution in [0, 0.1) is 17.5 Å². The molecule has 0 aliphatic heterocycles. The van der Waals surface area contributed by atoms with E-state index in [9.17, 15) is 13.2 Å². The third-order valence-corrected chi connectivity index (χ3v) is 2.83. The van der Waals surface area contributed by atoms with Gasteiger partial charge in [-0.05, 0) is 5.56 Å². The number of hydrogen-bond acceptors (Lipinski definition) is 3. The van der Waals surface area contributed by atoms with Crippen LogP contribution in [0.25, 0.3) is 0 Å². The Hall–Kier alpha value is -2.70. The Morgan fingerprint density at radius 3 is 2.19 bits per heavy atom. The summed E-state index contributed by atoms with van der Waals surface area (Å²) < 4.78 is 39.6. The van der Waals surface area contributed by atoms with Crippen LogP contribution in [0.4, 0.5) is 18.9 Å². The van der Waals surface area contributed by atoms with Crippen LogP contribution in [0.2, 0.25) is 0 Å². The van der Waals surface area contributed by atoms with Crippen molar-refractivity contribution in [1.82, 2.24) is 0 Å². The largest absolute Gasteiger partial charge is 0.409 e. The van der Waals surface area contributed by atoms with Crippen molar-refractivity contribution in [2.24, 2.45) is 10.9 Å². The molecule has 110 valence electrons. The zero-order valence-corrected chi connectivity index (χ0v) is 10.8. The Morgan fingerprint density at radius 2 is 1.67 bits per heavy atom.